The number of hydrogen-bond donors (Lipinski definition) is 1. The number of nitrogens with two attached hydrogens (primary N) is 1. The van der Waals surface area contributed by atoms with Gasteiger partial charge in [0.2, 0.25) is 0 Å². The Hall–Kier alpha value is -0.650. The molecule has 1 saturated carbocycles. The number of nitrogens with zero attached hydrogens (tertiary/aromatic N) is 3. The van der Waals surface area contributed by atoms with Gasteiger partial charge in [-0.3, -0.25) is 4.90 Å². The normalized spacial score (nSPS) is 24.6. The molecule has 0 spiro atoms. The van der Waals surface area contributed by atoms with Gasteiger partial charge in [0, 0.05) is 49.8 Å². The van der Waals surface area contributed by atoms with Crippen LogP contribution in [0.4, 0.5) is 5.13 Å². The number of hydrogen-bond acceptors (Lipinski definition) is 5. The van der Waals surface area contributed by atoms with Crippen LogP contribution in [0.15, 0.2) is 11.6 Å². The summed E-state index contributed by atoms with van der Waals surface area (Å²) < 4.78 is 0. The van der Waals surface area contributed by atoms with Crippen LogP contribution in [-0.2, 0) is 0 Å². The summed E-state index contributed by atoms with van der Waals surface area (Å²) in [6.07, 6.45) is 8.57. The topological polar surface area (TPSA) is 45.4 Å². The van der Waals surface area contributed by atoms with Gasteiger partial charge in [0.15, 0.2) is 5.13 Å². The van der Waals surface area contributed by atoms with Crippen LogP contribution in [0.3, 0.4) is 0 Å². The molecular formula is C14H24N4S. The highest BCUT2D eigenvalue weighted by Crippen LogP contribution is 2.34. The monoisotopic (exact) mass is 280 g/mol. The Morgan fingerprint density at radius 2 is 1.89 bits per heavy atom. The molecule has 0 aromatic carbocycles. The molecule has 1 aromatic rings. The average molecular weight is 280 g/mol. The first-order chi connectivity index (χ1) is 9.34. The van der Waals surface area contributed by atoms with Crippen LogP contribution < -0.4 is 10.6 Å². The molecule has 2 fully saturated rings. The second-order valence-electron chi connectivity index (χ2n) is 5.78. The quantitative estimate of drug-likeness (QED) is 0.919. The van der Waals surface area contributed by atoms with Gasteiger partial charge in [-0.25, -0.2) is 4.98 Å². The summed E-state index contributed by atoms with van der Waals surface area (Å²) in [5, 5.41) is 3.23. The largest absolute Gasteiger partial charge is 0.346 e. The van der Waals surface area contributed by atoms with Gasteiger partial charge in [-0.15, -0.1) is 11.3 Å². The lowest BCUT2D eigenvalue weighted by Crippen LogP contribution is -2.61. The number of rotatable bonds is 3. The van der Waals surface area contributed by atoms with Crippen LogP contribution in [0, 0.1) is 0 Å². The predicted octanol–water partition coefficient (Wildman–Crippen LogP) is 1.93. The first kappa shape index (κ1) is 13.3. The van der Waals surface area contributed by atoms with E-state index in [1.54, 1.807) is 11.3 Å². The van der Waals surface area contributed by atoms with Crippen molar-refractivity contribution in [3.63, 3.8) is 0 Å². The van der Waals surface area contributed by atoms with Gasteiger partial charge in [0.25, 0.3) is 0 Å². The van der Waals surface area contributed by atoms with Gasteiger partial charge < -0.3 is 10.6 Å². The Balaban J connectivity index is 1.62. The average Bonchev–Trinajstić information content (AvgIpc) is 3.02. The van der Waals surface area contributed by atoms with Crippen molar-refractivity contribution >= 4 is 16.5 Å². The highest BCUT2D eigenvalue weighted by Gasteiger charge is 2.38. The number of anilines is 1. The van der Waals surface area contributed by atoms with Crippen molar-refractivity contribution in [3.05, 3.63) is 11.6 Å². The predicted molar refractivity (Wildman–Crippen MR) is 80.8 cm³/mol. The van der Waals surface area contributed by atoms with E-state index in [4.69, 9.17) is 5.73 Å². The molecular weight excluding hydrogens is 256 g/mol. The molecule has 0 atom stereocenters. The minimum Gasteiger partial charge on any atom is -0.346 e. The van der Waals surface area contributed by atoms with Crippen LogP contribution in [0.1, 0.15) is 32.1 Å². The maximum Gasteiger partial charge on any atom is 0.185 e. The van der Waals surface area contributed by atoms with Crippen LogP contribution in [0.5, 0.6) is 0 Å². The smallest absolute Gasteiger partial charge is 0.185 e. The first-order valence-corrected chi connectivity index (χ1v) is 8.32. The summed E-state index contributed by atoms with van der Waals surface area (Å²) >= 11 is 1.74. The zero-order valence-electron chi connectivity index (χ0n) is 11.6. The summed E-state index contributed by atoms with van der Waals surface area (Å²) in [5.41, 5.74) is 6.43. The molecule has 1 aliphatic heterocycles. The summed E-state index contributed by atoms with van der Waals surface area (Å²) in [4.78, 5) is 9.49. The number of aromatic nitrogens is 1. The summed E-state index contributed by atoms with van der Waals surface area (Å²) in [5.74, 6) is 0. The maximum atomic E-state index is 6.13. The van der Waals surface area contributed by atoms with Crippen molar-refractivity contribution in [2.75, 3.05) is 37.6 Å². The van der Waals surface area contributed by atoms with Crippen LogP contribution in [0.25, 0.3) is 0 Å². The SMILES string of the molecule is NCC1(N2CCN(c3nccs3)CC2)CCCCC1. The zero-order chi connectivity index (χ0) is 13.1. The van der Waals surface area contributed by atoms with Gasteiger partial charge in [0.1, 0.15) is 0 Å². The Morgan fingerprint density at radius 1 is 1.16 bits per heavy atom. The van der Waals surface area contributed by atoms with E-state index in [1.165, 1.54) is 37.2 Å². The van der Waals surface area contributed by atoms with Gasteiger partial charge >= 0.3 is 0 Å². The molecule has 0 radical (unpaired) electrons. The summed E-state index contributed by atoms with van der Waals surface area (Å²) in [6, 6.07) is 0. The van der Waals surface area contributed by atoms with Crippen molar-refractivity contribution in [1.29, 1.82) is 0 Å². The highest BCUT2D eigenvalue weighted by molar-refractivity contribution is 7.13. The fraction of sp³-hybridized carbons (Fsp3) is 0.786. The van der Waals surface area contributed by atoms with Gasteiger partial charge in [-0.2, -0.15) is 0 Å². The van der Waals surface area contributed by atoms with Gasteiger partial charge in [-0.1, -0.05) is 19.3 Å². The zero-order valence-corrected chi connectivity index (χ0v) is 12.4. The molecule has 2 aliphatic rings. The van der Waals surface area contributed by atoms with Crippen molar-refractivity contribution in [1.82, 2.24) is 9.88 Å². The number of piperazine rings is 1. The van der Waals surface area contributed by atoms with Crippen molar-refractivity contribution < 1.29 is 0 Å². The molecule has 2 N–H and O–H groups in total. The second-order valence-corrected chi connectivity index (χ2v) is 6.65. The molecule has 3 rings (SSSR count). The van der Waals surface area contributed by atoms with Gasteiger partial charge in [0.05, 0.1) is 0 Å². The van der Waals surface area contributed by atoms with Crippen LogP contribution >= 0.6 is 11.3 Å². The van der Waals surface area contributed by atoms with Gasteiger partial charge in [-0.05, 0) is 12.8 Å². The van der Waals surface area contributed by atoms with E-state index >= 15 is 0 Å². The summed E-state index contributed by atoms with van der Waals surface area (Å²) in [6.45, 7) is 5.28. The molecule has 1 saturated heterocycles. The van der Waals surface area contributed by atoms with Crippen molar-refractivity contribution in [2.24, 2.45) is 5.73 Å². The minimum atomic E-state index is 0.299. The summed E-state index contributed by atoms with van der Waals surface area (Å²) in [7, 11) is 0. The molecule has 0 unspecified atom stereocenters. The molecule has 0 bridgehead atoms. The third kappa shape index (κ3) is 2.64. The van der Waals surface area contributed by atoms with E-state index in [2.05, 4.69) is 20.2 Å². The highest BCUT2D eigenvalue weighted by atomic mass is 32.1. The molecule has 19 heavy (non-hydrogen) atoms. The lowest BCUT2D eigenvalue weighted by atomic mass is 9.80. The third-order valence-corrected chi connectivity index (χ3v) is 5.64. The fourth-order valence-electron chi connectivity index (χ4n) is 3.60. The second kappa shape index (κ2) is 5.77. The Kier molecular flexibility index (Phi) is 4.05. The Bertz CT molecular complexity index is 378. The molecule has 1 aliphatic carbocycles. The van der Waals surface area contributed by atoms with Crippen molar-refractivity contribution in [2.45, 2.75) is 37.6 Å². The Morgan fingerprint density at radius 3 is 2.47 bits per heavy atom. The van der Waals surface area contributed by atoms with E-state index in [9.17, 15) is 0 Å². The lowest BCUT2D eigenvalue weighted by Gasteiger charge is -2.49. The van der Waals surface area contributed by atoms with E-state index in [-0.39, 0.29) is 0 Å². The molecule has 0 amide bonds. The minimum absolute atomic E-state index is 0.299. The van der Waals surface area contributed by atoms with E-state index in [1.807, 2.05) is 6.20 Å². The maximum absolute atomic E-state index is 6.13. The Labute approximate surface area is 119 Å². The van der Waals surface area contributed by atoms with Crippen LogP contribution in [0.2, 0.25) is 0 Å². The molecule has 106 valence electrons. The molecule has 4 nitrogen and oxygen atoms in total. The third-order valence-electron chi connectivity index (χ3n) is 4.80. The first-order valence-electron chi connectivity index (χ1n) is 7.44. The lowest BCUT2D eigenvalue weighted by molar-refractivity contribution is 0.0518. The standard InChI is InChI=1S/C14H24N4S/c15-12-14(4-2-1-3-5-14)18-9-7-17(8-10-18)13-16-6-11-19-13/h6,11H,1-5,7-10,12,15H2. The van der Waals surface area contributed by atoms with Crippen molar-refractivity contribution in [3.8, 4) is 0 Å². The molecule has 5 heteroatoms. The molecule has 2 heterocycles. The fourth-order valence-corrected chi connectivity index (χ4v) is 4.30. The van der Waals surface area contributed by atoms with E-state index in [0.717, 1.165) is 32.7 Å². The molecule has 1 aromatic heterocycles. The number of thiazole rings is 1. The van der Waals surface area contributed by atoms with Crippen LogP contribution in [-0.4, -0.2) is 48.1 Å². The van der Waals surface area contributed by atoms with E-state index < -0.39 is 0 Å². The van der Waals surface area contributed by atoms with E-state index in [0.29, 0.717) is 5.54 Å².